The van der Waals surface area contributed by atoms with Crippen molar-refractivity contribution in [2.45, 2.75) is 13.3 Å². The maximum atomic E-state index is 10.9. The number of carboxylic acids is 1. The van der Waals surface area contributed by atoms with Gasteiger partial charge in [-0.1, -0.05) is 6.92 Å². The molecule has 0 amide bonds. The van der Waals surface area contributed by atoms with Gasteiger partial charge in [0.15, 0.2) is 0 Å². The predicted molar refractivity (Wildman–Crippen MR) is 82.2 cm³/mol. The first-order valence-electron chi connectivity index (χ1n) is 6.35. The monoisotopic (exact) mass is 351 g/mol. The minimum Gasteiger partial charge on any atom is -0.478 e. The molecule has 1 aromatic carbocycles. The molecule has 7 heteroatoms. The Bertz CT molecular complexity index is 649. The number of ether oxygens (including phenoxy) is 1. The van der Waals surface area contributed by atoms with E-state index in [9.17, 15) is 4.79 Å². The molecule has 1 heterocycles. The highest BCUT2D eigenvalue weighted by atomic mass is 79.9. The first-order chi connectivity index (χ1) is 10.1. The molecule has 0 aliphatic heterocycles. The summed E-state index contributed by atoms with van der Waals surface area (Å²) in [6, 6.07) is 6.40. The highest BCUT2D eigenvalue weighted by molar-refractivity contribution is 9.10. The Kier molecular flexibility index (Phi) is 5.10. The Balaban J connectivity index is 2.16. The third-order valence-corrected chi connectivity index (χ3v) is 3.23. The van der Waals surface area contributed by atoms with E-state index in [0.29, 0.717) is 28.5 Å². The molecule has 0 atom stereocenters. The van der Waals surface area contributed by atoms with Gasteiger partial charge >= 0.3 is 5.97 Å². The zero-order valence-corrected chi connectivity index (χ0v) is 12.9. The average Bonchev–Trinajstić information content (AvgIpc) is 2.47. The number of hydrogen-bond acceptors (Lipinski definition) is 5. The molecular formula is C14H14BrN3O3. The number of aromatic carboxylic acids is 1. The second kappa shape index (κ2) is 7.03. The van der Waals surface area contributed by atoms with Crippen LogP contribution >= 0.6 is 15.9 Å². The summed E-state index contributed by atoms with van der Waals surface area (Å²) in [5.41, 5.74) is 0.919. The van der Waals surface area contributed by atoms with Crippen LogP contribution in [-0.4, -0.2) is 27.7 Å². The number of benzene rings is 1. The lowest BCUT2D eigenvalue weighted by molar-refractivity contribution is 0.0697. The quantitative estimate of drug-likeness (QED) is 0.828. The molecular weight excluding hydrogens is 338 g/mol. The highest BCUT2D eigenvalue weighted by Gasteiger charge is 2.08. The maximum Gasteiger partial charge on any atom is 0.335 e. The summed E-state index contributed by atoms with van der Waals surface area (Å²) >= 11 is 3.33. The van der Waals surface area contributed by atoms with Gasteiger partial charge in [0.05, 0.1) is 17.9 Å². The van der Waals surface area contributed by atoms with E-state index >= 15 is 0 Å². The lowest BCUT2D eigenvalue weighted by Gasteiger charge is -2.09. The van der Waals surface area contributed by atoms with Gasteiger partial charge in [-0.15, -0.1) is 0 Å². The van der Waals surface area contributed by atoms with Gasteiger partial charge < -0.3 is 15.2 Å². The molecule has 0 bridgehead atoms. The van der Waals surface area contributed by atoms with Crippen LogP contribution in [0, 0.1) is 0 Å². The predicted octanol–water partition coefficient (Wildman–Crippen LogP) is 3.47. The summed E-state index contributed by atoms with van der Waals surface area (Å²) in [6.45, 7) is 2.61. The molecule has 0 unspecified atom stereocenters. The van der Waals surface area contributed by atoms with Crippen LogP contribution < -0.4 is 10.1 Å². The van der Waals surface area contributed by atoms with E-state index in [1.54, 1.807) is 12.1 Å². The Labute approximate surface area is 130 Å². The van der Waals surface area contributed by atoms with Gasteiger partial charge in [-0.25, -0.2) is 14.8 Å². The molecule has 0 radical (unpaired) electrons. The molecule has 1 aromatic heterocycles. The first kappa shape index (κ1) is 15.2. The average molecular weight is 352 g/mol. The topological polar surface area (TPSA) is 84.3 Å². The van der Waals surface area contributed by atoms with Crippen LogP contribution in [0.15, 0.2) is 35.1 Å². The summed E-state index contributed by atoms with van der Waals surface area (Å²) in [6.07, 6.45) is 2.31. The Hall–Kier alpha value is -2.15. The normalized spacial score (nSPS) is 10.2. The maximum absolute atomic E-state index is 10.9. The van der Waals surface area contributed by atoms with Gasteiger partial charge in [-0.3, -0.25) is 0 Å². The highest BCUT2D eigenvalue weighted by Crippen LogP contribution is 2.27. The number of carbonyl (C=O) groups is 1. The molecule has 2 N–H and O–H groups in total. The minimum atomic E-state index is -0.973. The summed E-state index contributed by atoms with van der Waals surface area (Å²) in [5.74, 6) is 0.0899. The lowest BCUT2D eigenvalue weighted by atomic mass is 10.2. The molecule has 0 spiro atoms. The summed E-state index contributed by atoms with van der Waals surface area (Å²) in [7, 11) is 0. The van der Waals surface area contributed by atoms with Crippen LogP contribution in [0.2, 0.25) is 0 Å². The third kappa shape index (κ3) is 4.16. The van der Waals surface area contributed by atoms with E-state index in [4.69, 9.17) is 9.84 Å². The van der Waals surface area contributed by atoms with E-state index in [2.05, 4.69) is 31.2 Å². The number of carboxylic acid groups (broad SMARTS) is 1. The van der Waals surface area contributed by atoms with Gasteiger partial charge in [-0.05, 0) is 40.5 Å². The molecule has 2 aromatic rings. The molecule has 21 heavy (non-hydrogen) atoms. The lowest BCUT2D eigenvalue weighted by Crippen LogP contribution is -2.01. The van der Waals surface area contributed by atoms with E-state index in [0.717, 1.165) is 6.42 Å². The fourth-order valence-electron chi connectivity index (χ4n) is 1.58. The van der Waals surface area contributed by atoms with Crippen LogP contribution in [0.4, 0.5) is 11.5 Å². The van der Waals surface area contributed by atoms with Crippen molar-refractivity contribution < 1.29 is 14.6 Å². The smallest absolute Gasteiger partial charge is 0.335 e. The molecule has 0 saturated carbocycles. The van der Waals surface area contributed by atoms with Crippen molar-refractivity contribution in [3.63, 3.8) is 0 Å². The van der Waals surface area contributed by atoms with Crippen LogP contribution in [0.5, 0.6) is 5.88 Å². The van der Waals surface area contributed by atoms with E-state index in [1.807, 2.05) is 6.92 Å². The summed E-state index contributed by atoms with van der Waals surface area (Å²) < 4.78 is 6.07. The van der Waals surface area contributed by atoms with E-state index in [1.165, 1.54) is 18.5 Å². The second-order valence-electron chi connectivity index (χ2n) is 4.21. The van der Waals surface area contributed by atoms with Gasteiger partial charge in [0.25, 0.3) is 0 Å². The van der Waals surface area contributed by atoms with Crippen molar-refractivity contribution in [2.75, 3.05) is 11.9 Å². The fraction of sp³-hybridized carbons (Fsp3) is 0.214. The van der Waals surface area contributed by atoms with E-state index < -0.39 is 5.97 Å². The first-order valence-corrected chi connectivity index (χ1v) is 7.14. The van der Waals surface area contributed by atoms with Crippen molar-refractivity contribution in [3.05, 3.63) is 40.6 Å². The number of nitrogens with one attached hydrogen (secondary N) is 1. The molecule has 0 fully saturated rings. The number of hydrogen-bond donors (Lipinski definition) is 2. The van der Waals surface area contributed by atoms with Gasteiger partial charge in [0.1, 0.15) is 12.1 Å². The number of anilines is 2. The van der Waals surface area contributed by atoms with Crippen molar-refractivity contribution in [3.8, 4) is 5.88 Å². The number of aromatic nitrogens is 2. The van der Waals surface area contributed by atoms with Gasteiger partial charge in [0, 0.05) is 10.5 Å². The van der Waals surface area contributed by atoms with Crippen LogP contribution in [0.3, 0.4) is 0 Å². The Morgan fingerprint density at radius 1 is 1.38 bits per heavy atom. The van der Waals surface area contributed by atoms with Gasteiger partial charge in [-0.2, -0.15) is 0 Å². The standard InChI is InChI=1S/C14H14BrN3O3/c1-2-5-21-13-7-12(16-8-17-13)18-11-4-3-9(14(19)20)6-10(11)15/h3-4,6-8H,2,5H2,1H3,(H,19,20)(H,16,17,18). The summed E-state index contributed by atoms with van der Waals surface area (Å²) in [4.78, 5) is 19.0. The largest absolute Gasteiger partial charge is 0.478 e. The fourth-order valence-corrected chi connectivity index (χ4v) is 2.06. The Morgan fingerprint density at radius 2 is 2.19 bits per heavy atom. The molecule has 2 rings (SSSR count). The number of nitrogens with zero attached hydrogens (tertiary/aromatic N) is 2. The zero-order chi connectivity index (χ0) is 15.2. The number of rotatable bonds is 6. The van der Waals surface area contributed by atoms with Gasteiger partial charge in [0.2, 0.25) is 5.88 Å². The van der Waals surface area contributed by atoms with Crippen molar-refractivity contribution >= 4 is 33.4 Å². The number of halogens is 1. The third-order valence-electron chi connectivity index (χ3n) is 2.57. The van der Waals surface area contributed by atoms with Crippen molar-refractivity contribution in [2.24, 2.45) is 0 Å². The minimum absolute atomic E-state index is 0.210. The Morgan fingerprint density at radius 3 is 2.86 bits per heavy atom. The van der Waals surface area contributed by atoms with Crippen molar-refractivity contribution in [1.82, 2.24) is 9.97 Å². The van der Waals surface area contributed by atoms with Crippen molar-refractivity contribution in [1.29, 1.82) is 0 Å². The van der Waals surface area contributed by atoms with Crippen LogP contribution in [-0.2, 0) is 0 Å². The summed E-state index contributed by atoms with van der Waals surface area (Å²) in [5, 5.41) is 12.0. The second-order valence-corrected chi connectivity index (χ2v) is 5.07. The zero-order valence-electron chi connectivity index (χ0n) is 11.3. The molecule has 0 aliphatic carbocycles. The molecule has 6 nitrogen and oxygen atoms in total. The molecule has 0 saturated heterocycles. The SMILES string of the molecule is CCCOc1cc(Nc2ccc(C(=O)O)cc2Br)ncn1. The molecule has 110 valence electrons. The van der Waals surface area contributed by atoms with Crippen LogP contribution in [0.1, 0.15) is 23.7 Å². The van der Waals surface area contributed by atoms with E-state index in [-0.39, 0.29) is 5.56 Å². The molecule has 0 aliphatic rings. The van der Waals surface area contributed by atoms with Crippen LogP contribution in [0.25, 0.3) is 0 Å².